The van der Waals surface area contributed by atoms with Crippen LogP contribution in [0.2, 0.25) is 0 Å². The van der Waals surface area contributed by atoms with E-state index < -0.39 is 5.54 Å². The van der Waals surface area contributed by atoms with Crippen LogP contribution in [0.3, 0.4) is 0 Å². The van der Waals surface area contributed by atoms with E-state index in [4.69, 9.17) is 14.2 Å². The number of methoxy groups -OCH3 is 2. The van der Waals surface area contributed by atoms with Gasteiger partial charge in [-0.05, 0) is 24.5 Å². The number of carbonyl (C=O) groups is 1. The van der Waals surface area contributed by atoms with Crippen molar-refractivity contribution in [2.75, 3.05) is 44.7 Å². The first-order valence-electron chi connectivity index (χ1n) is 10.8. The molecular formula is C25H27N3O4. The Hall–Kier alpha value is -3.32. The normalized spacial score (nSPS) is 25.9. The molecule has 2 aromatic carbocycles. The smallest absolute Gasteiger partial charge is 0.196 e. The van der Waals surface area contributed by atoms with E-state index in [0.29, 0.717) is 49.0 Å². The van der Waals surface area contributed by atoms with Gasteiger partial charge in [0.05, 0.1) is 32.1 Å². The van der Waals surface area contributed by atoms with Gasteiger partial charge >= 0.3 is 0 Å². The van der Waals surface area contributed by atoms with Crippen LogP contribution in [-0.2, 0) is 16.0 Å². The summed E-state index contributed by atoms with van der Waals surface area (Å²) in [4.78, 5) is 20.8. The van der Waals surface area contributed by atoms with Crippen molar-refractivity contribution < 1.29 is 19.0 Å². The number of carbonyl (C=O) groups excluding carboxylic acids is 1. The Labute approximate surface area is 187 Å². The van der Waals surface area contributed by atoms with Crippen molar-refractivity contribution in [1.29, 1.82) is 0 Å². The lowest BCUT2D eigenvalue weighted by Crippen LogP contribution is -2.55. The zero-order valence-corrected chi connectivity index (χ0v) is 18.6. The zero-order chi connectivity index (χ0) is 22.3. The molecule has 166 valence electrons. The van der Waals surface area contributed by atoms with Crippen LogP contribution < -0.4 is 19.7 Å². The summed E-state index contributed by atoms with van der Waals surface area (Å²) in [7, 11) is 4.97. The summed E-state index contributed by atoms with van der Waals surface area (Å²) in [5.74, 6) is 2.00. The molecule has 2 fully saturated rings. The maximum Gasteiger partial charge on any atom is 0.196 e. The number of hydrogen-bond donors (Lipinski definition) is 1. The molecule has 1 N–H and O–H groups in total. The standard InChI is InChI=1S/C25H27N3O4/c1-26-24-22(21-11-16-7-4-5-8-20(16)27-21)23(29)25(9-6-10-32-15-25)28(24)17-12-18(30-2)14-19(13-17)31-3/h4-5,7-8,12-14,27H,6,9-11,15H2,1-3H3/t25-/m0/s1. The summed E-state index contributed by atoms with van der Waals surface area (Å²) < 4.78 is 16.9. The highest BCUT2D eigenvalue weighted by molar-refractivity contribution is 6.38. The number of anilines is 2. The molecule has 5 rings (SSSR count). The number of nitrogens with zero attached hydrogens (tertiary/aromatic N) is 2. The van der Waals surface area contributed by atoms with Crippen LogP contribution in [0.25, 0.3) is 0 Å². The topological polar surface area (TPSA) is 72.4 Å². The third-order valence-corrected chi connectivity index (χ3v) is 6.51. The molecule has 2 aromatic rings. The Kier molecular flexibility index (Phi) is 5.13. The summed E-state index contributed by atoms with van der Waals surface area (Å²) in [6, 6.07) is 13.8. The van der Waals surface area contributed by atoms with E-state index in [9.17, 15) is 4.79 Å². The van der Waals surface area contributed by atoms with Crippen molar-refractivity contribution in [3.05, 3.63) is 59.3 Å². The average Bonchev–Trinajstić information content (AvgIpc) is 3.36. The lowest BCUT2D eigenvalue weighted by atomic mass is 9.86. The Balaban J connectivity index is 1.69. The fourth-order valence-electron chi connectivity index (χ4n) is 5.00. The van der Waals surface area contributed by atoms with Gasteiger partial charge in [-0.15, -0.1) is 0 Å². The number of hydrogen-bond acceptors (Lipinski definition) is 6. The minimum absolute atomic E-state index is 0.0508. The maximum absolute atomic E-state index is 14.1. The van der Waals surface area contributed by atoms with E-state index in [1.54, 1.807) is 21.3 Å². The molecule has 1 spiro atoms. The van der Waals surface area contributed by atoms with Crippen LogP contribution in [0.4, 0.5) is 11.4 Å². The number of ether oxygens (including phenoxy) is 3. The van der Waals surface area contributed by atoms with Gasteiger partial charge in [0, 0.05) is 49.7 Å². The fourth-order valence-corrected chi connectivity index (χ4v) is 5.00. The number of fused-ring (bicyclic) bond motifs is 1. The number of ketones is 1. The van der Waals surface area contributed by atoms with E-state index >= 15 is 0 Å². The molecule has 7 nitrogen and oxygen atoms in total. The van der Waals surface area contributed by atoms with Gasteiger partial charge < -0.3 is 24.4 Å². The Bertz CT molecular complexity index is 1080. The number of nitrogens with one attached hydrogen (secondary N) is 1. The summed E-state index contributed by atoms with van der Waals surface area (Å²) in [6.45, 7) is 0.965. The van der Waals surface area contributed by atoms with Gasteiger partial charge in [0.1, 0.15) is 22.9 Å². The summed E-state index contributed by atoms with van der Waals surface area (Å²) >= 11 is 0. The highest BCUT2D eigenvalue weighted by Gasteiger charge is 2.57. The second-order valence-corrected chi connectivity index (χ2v) is 8.28. The molecule has 0 radical (unpaired) electrons. The number of aliphatic imine (C=N–C) groups is 1. The first kappa shape index (κ1) is 20.6. The molecule has 0 bridgehead atoms. The molecule has 0 saturated carbocycles. The van der Waals surface area contributed by atoms with Crippen molar-refractivity contribution in [2.24, 2.45) is 4.99 Å². The van der Waals surface area contributed by atoms with Gasteiger partial charge in [0.15, 0.2) is 5.78 Å². The van der Waals surface area contributed by atoms with Crippen molar-refractivity contribution in [2.45, 2.75) is 24.8 Å². The molecule has 1 atom stereocenters. The molecule has 32 heavy (non-hydrogen) atoms. The lowest BCUT2D eigenvalue weighted by Gasteiger charge is -2.40. The van der Waals surface area contributed by atoms with Crippen molar-refractivity contribution in [3.8, 4) is 11.5 Å². The first-order valence-corrected chi connectivity index (χ1v) is 10.8. The molecule has 3 aliphatic rings. The maximum atomic E-state index is 14.1. The Morgan fingerprint density at radius 1 is 1.12 bits per heavy atom. The van der Waals surface area contributed by atoms with Crippen LogP contribution in [0, 0.1) is 0 Å². The monoisotopic (exact) mass is 433 g/mol. The summed E-state index contributed by atoms with van der Waals surface area (Å²) in [5.41, 5.74) is 3.69. The summed E-state index contributed by atoms with van der Waals surface area (Å²) in [5, 5.41) is 3.47. The third-order valence-electron chi connectivity index (χ3n) is 6.51. The molecule has 3 heterocycles. The van der Waals surface area contributed by atoms with Crippen molar-refractivity contribution >= 4 is 23.0 Å². The lowest BCUT2D eigenvalue weighted by molar-refractivity contribution is -0.123. The number of amidine groups is 1. The van der Waals surface area contributed by atoms with Gasteiger partial charge in [-0.3, -0.25) is 9.79 Å². The molecular weight excluding hydrogens is 406 g/mol. The molecule has 0 aromatic heterocycles. The predicted molar refractivity (Wildman–Crippen MR) is 124 cm³/mol. The van der Waals surface area contributed by atoms with Gasteiger partial charge in [0.25, 0.3) is 0 Å². The second-order valence-electron chi connectivity index (χ2n) is 8.28. The van der Waals surface area contributed by atoms with Crippen LogP contribution >= 0.6 is 0 Å². The van der Waals surface area contributed by atoms with Crippen LogP contribution in [-0.4, -0.2) is 51.6 Å². The highest BCUT2D eigenvalue weighted by atomic mass is 16.5. The largest absolute Gasteiger partial charge is 0.497 e. The van der Waals surface area contributed by atoms with Gasteiger partial charge in [-0.25, -0.2) is 0 Å². The SMILES string of the molecule is CN=C1C(=C2Cc3ccccc3N2)C(=O)[C@@]2(CCCOC2)N1c1cc(OC)cc(OC)c1. The second kappa shape index (κ2) is 7.98. The van der Waals surface area contributed by atoms with Crippen molar-refractivity contribution in [1.82, 2.24) is 0 Å². The Morgan fingerprint density at radius 2 is 1.88 bits per heavy atom. The highest BCUT2D eigenvalue weighted by Crippen LogP contribution is 2.45. The Morgan fingerprint density at radius 3 is 2.50 bits per heavy atom. The number of para-hydroxylation sites is 1. The minimum Gasteiger partial charge on any atom is -0.497 e. The number of Topliss-reactive ketones (excluding diaryl/α,β-unsaturated/α-hetero) is 1. The molecule has 0 amide bonds. The molecule has 0 unspecified atom stereocenters. The molecule has 0 aliphatic carbocycles. The molecule has 3 aliphatic heterocycles. The van der Waals surface area contributed by atoms with Crippen LogP contribution in [0.1, 0.15) is 18.4 Å². The minimum atomic E-state index is -0.844. The van der Waals surface area contributed by atoms with E-state index in [1.165, 1.54) is 5.56 Å². The third kappa shape index (κ3) is 3.07. The van der Waals surface area contributed by atoms with Gasteiger partial charge in [-0.2, -0.15) is 0 Å². The predicted octanol–water partition coefficient (Wildman–Crippen LogP) is 3.59. The van der Waals surface area contributed by atoms with E-state index in [1.807, 2.05) is 41.3 Å². The molecule has 2 saturated heterocycles. The van der Waals surface area contributed by atoms with Crippen LogP contribution in [0.15, 0.2) is 58.7 Å². The number of benzene rings is 2. The van der Waals surface area contributed by atoms with Crippen LogP contribution in [0.5, 0.6) is 11.5 Å². The molecule has 7 heteroatoms. The average molecular weight is 434 g/mol. The van der Waals surface area contributed by atoms with E-state index in [2.05, 4.69) is 16.4 Å². The van der Waals surface area contributed by atoms with Crippen molar-refractivity contribution in [3.63, 3.8) is 0 Å². The van der Waals surface area contributed by atoms with Gasteiger partial charge in [-0.1, -0.05) is 18.2 Å². The number of allylic oxidation sites excluding steroid dienone is 1. The van der Waals surface area contributed by atoms with E-state index in [0.717, 1.165) is 23.5 Å². The summed E-state index contributed by atoms with van der Waals surface area (Å²) in [6.07, 6.45) is 2.16. The first-order chi connectivity index (χ1) is 15.6. The number of rotatable bonds is 3. The van der Waals surface area contributed by atoms with E-state index in [-0.39, 0.29) is 5.78 Å². The quantitative estimate of drug-likeness (QED) is 0.746. The fraction of sp³-hybridized carbons (Fsp3) is 0.360. The zero-order valence-electron chi connectivity index (χ0n) is 18.6. The van der Waals surface area contributed by atoms with Gasteiger partial charge in [0.2, 0.25) is 0 Å².